The molecule has 11 heteroatoms. The Morgan fingerprint density at radius 2 is 2.09 bits per heavy atom. The lowest BCUT2D eigenvalue weighted by molar-refractivity contribution is -0.0429. The van der Waals surface area contributed by atoms with Gasteiger partial charge in [0.25, 0.3) is 0 Å². The predicted octanol–water partition coefficient (Wildman–Crippen LogP) is 3.66. The minimum Gasteiger partial charge on any atom is -0.385 e. The van der Waals surface area contributed by atoms with Gasteiger partial charge < -0.3 is 4.84 Å². The van der Waals surface area contributed by atoms with Crippen LogP contribution >= 0.6 is 23.4 Å². The summed E-state index contributed by atoms with van der Waals surface area (Å²) in [5, 5.41) is 3.91. The zero-order valence-corrected chi connectivity index (χ0v) is 13.8. The lowest BCUT2D eigenvalue weighted by Gasteiger charge is -2.14. The van der Waals surface area contributed by atoms with E-state index in [1.165, 1.54) is 35.5 Å². The highest BCUT2D eigenvalue weighted by Crippen LogP contribution is 2.28. The van der Waals surface area contributed by atoms with Gasteiger partial charge in [-0.2, -0.15) is 21.6 Å². The second kappa shape index (κ2) is 7.42. The summed E-state index contributed by atoms with van der Waals surface area (Å²) < 4.78 is 61.2. The lowest BCUT2D eigenvalue weighted by atomic mass is 10.1. The summed E-state index contributed by atoms with van der Waals surface area (Å²) >= 11 is 7.13. The van der Waals surface area contributed by atoms with Crippen molar-refractivity contribution in [3.8, 4) is 0 Å². The fraction of sp³-hybridized carbons (Fsp3) is 0.364. The molecule has 0 atom stereocenters. The van der Waals surface area contributed by atoms with E-state index in [0.717, 1.165) is 6.07 Å². The topological polar surface area (TPSA) is 67.8 Å². The van der Waals surface area contributed by atoms with E-state index in [-0.39, 0.29) is 27.9 Å². The smallest absolute Gasteiger partial charge is 0.385 e. The number of nitrogens with one attached hydrogen (secondary N) is 1. The number of thioether (sulfide) groups is 1. The average Bonchev–Trinajstić information content (AvgIpc) is 2.39. The van der Waals surface area contributed by atoms with Crippen molar-refractivity contribution in [3.05, 3.63) is 28.8 Å². The van der Waals surface area contributed by atoms with E-state index in [1.54, 1.807) is 6.26 Å². The van der Waals surface area contributed by atoms with Crippen LogP contribution in [0.1, 0.15) is 12.5 Å². The molecular weight excluding hydrogens is 365 g/mol. The Bertz CT molecular complexity index is 663. The van der Waals surface area contributed by atoms with Gasteiger partial charge in [0.05, 0.1) is 11.4 Å². The Balaban J connectivity index is 3.19. The molecule has 1 N–H and O–H groups in total. The zero-order valence-electron chi connectivity index (χ0n) is 11.4. The third-order valence-electron chi connectivity index (χ3n) is 2.29. The second-order valence-corrected chi connectivity index (χ2v) is 6.88. The van der Waals surface area contributed by atoms with Crippen molar-refractivity contribution in [3.63, 3.8) is 0 Å². The minimum atomic E-state index is -5.54. The number of hydrogen-bond acceptors (Lipinski definition) is 5. The fourth-order valence-corrected chi connectivity index (χ4v) is 2.25. The van der Waals surface area contributed by atoms with E-state index in [9.17, 15) is 21.6 Å². The molecule has 0 spiro atoms. The van der Waals surface area contributed by atoms with Crippen molar-refractivity contribution in [2.45, 2.75) is 12.4 Å². The third kappa shape index (κ3) is 4.96. The Morgan fingerprint density at radius 3 is 2.64 bits per heavy atom. The molecule has 0 aliphatic carbocycles. The van der Waals surface area contributed by atoms with Gasteiger partial charge in [0, 0.05) is 10.6 Å². The first kappa shape index (κ1) is 18.9. The van der Waals surface area contributed by atoms with Crippen molar-refractivity contribution in [2.24, 2.45) is 5.16 Å². The van der Waals surface area contributed by atoms with Gasteiger partial charge in [-0.25, -0.2) is 0 Å². The second-order valence-electron chi connectivity index (χ2n) is 3.95. The number of sulfonamides is 1. The van der Waals surface area contributed by atoms with Crippen molar-refractivity contribution in [2.75, 3.05) is 16.9 Å². The van der Waals surface area contributed by atoms with Crippen LogP contribution in [0.25, 0.3) is 0 Å². The maximum atomic E-state index is 12.4. The highest BCUT2D eigenvalue weighted by molar-refractivity contribution is 7.98. The van der Waals surface area contributed by atoms with Gasteiger partial charge in [0.2, 0.25) is 0 Å². The molecule has 0 saturated heterocycles. The molecule has 0 heterocycles. The molecule has 1 aromatic rings. The van der Waals surface area contributed by atoms with Crippen LogP contribution in [-0.4, -0.2) is 31.8 Å². The molecule has 0 saturated carbocycles. The normalized spacial score (nSPS) is 13.1. The van der Waals surface area contributed by atoms with Crippen LogP contribution in [0.2, 0.25) is 5.02 Å². The molecule has 5 nitrogen and oxygen atoms in total. The molecule has 0 fully saturated rings. The largest absolute Gasteiger partial charge is 0.516 e. The van der Waals surface area contributed by atoms with Gasteiger partial charge in [0.1, 0.15) is 0 Å². The van der Waals surface area contributed by atoms with E-state index in [2.05, 4.69) is 5.16 Å². The molecule has 0 unspecified atom stereocenters. The number of halogens is 4. The highest BCUT2D eigenvalue weighted by Gasteiger charge is 2.46. The predicted molar refractivity (Wildman–Crippen MR) is 81.7 cm³/mol. The molecule has 0 aromatic heterocycles. The van der Waals surface area contributed by atoms with Crippen LogP contribution in [0.3, 0.4) is 0 Å². The lowest BCUT2D eigenvalue weighted by Crippen LogP contribution is -2.30. The number of benzene rings is 1. The summed E-state index contributed by atoms with van der Waals surface area (Å²) in [6.45, 7) is 1.46. The monoisotopic (exact) mass is 376 g/mol. The quantitative estimate of drug-likeness (QED) is 0.356. The minimum absolute atomic E-state index is 0.0847. The molecule has 1 rings (SSSR count). The summed E-state index contributed by atoms with van der Waals surface area (Å²) in [6.07, 6.45) is 1.77. The molecule has 0 aliphatic rings. The zero-order chi connectivity index (χ0) is 17.0. The summed E-state index contributed by atoms with van der Waals surface area (Å²) in [5.41, 5.74) is -5.46. The summed E-state index contributed by atoms with van der Waals surface area (Å²) in [4.78, 5) is 4.90. The van der Waals surface area contributed by atoms with Crippen LogP contribution in [0.4, 0.5) is 18.9 Å². The number of oxime groups is 1. The van der Waals surface area contributed by atoms with Crippen LogP contribution in [0.15, 0.2) is 23.4 Å². The first-order valence-electron chi connectivity index (χ1n) is 5.63. The van der Waals surface area contributed by atoms with Crippen molar-refractivity contribution in [1.82, 2.24) is 0 Å². The van der Waals surface area contributed by atoms with E-state index >= 15 is 0 Å². The van der Waals surface area contributed by atoms with Crippen LogP contribution in [-0.2, 0) is 14.9 Å². The summed E-state index contributed by atoms with van der Waals surface area (Å²) in [6, 6.07) is 3.67. The Kier molecular flexibility index (Phi) is 6.38. The molecular formula is C11H12ClF3N2O3S2. The molecule has 124 valence electrons. The summed E-state index contributed by atoms with van der Waals surface area (Å²) in [7, 11) is -5.54. The number of alkyl halides is 3. The third-order valence-corrected chi connectivity index (χ3v) is 3.97. The van der Waals surface area contributed by atoms with Crippen molar-refractivity contribution >= 4 is 44.8 Å². The first-order valence-corrected chi connectivity index (χ1v) is 8.88. The van der Waals surface area contributed by atoms with E-state index in [4.69, 9.17) is 16.4 Å². The standard InChI is InChI=1S/C11H12ClF3N2O3S2/c1-7(16-20-6-21-2)9-5-8(12)3-4-10(9)17-22(18,19)11(13,14)15/h3-5,17H,6H2,1-2H3/b16-7+. The van der Waals surface area contributed by atoms with E-state index in [1.807, 2.05) is 0 Å². The number of rotatable bonds is 6. The van der Waals surface area contributed by atoms with Gasteiger partial charge >= 0.3 is 15.5 Å². The fourth-order valence-electron chi connectivity index (χ4n) is 1.33. The Morgan fingerprint density at radius 1 is 1.45 bits per heavy atom. The number of anilines is 1. The molecule has 22 heavy (non-hydrogen) atoms. The molecule has 0 amide bonds. The van der Waals surface area contributed by atoms with Crippen LogP contribution in [0, 0.1) is 0 Å². The Labute approximate surface area is 134 Å². The first-order chi connectivity index (χ1) is 10.1. The molecule has 0 bridgehead atoms. The van der Waals surface area contributed by atoms with Crippen LogP contribution in [0.5, 0.6) is 0 Å². The Hall–Kier alpha value is -1.13. The average molecular weight is 377 g/mol. The maximum absolute atomic E-state index is 12.4. The summed E-state index contributed by atoms with van der Waals surface area (Å²) in [5.74, 6) is 0.238. The SMILES string of the molecule is CSCO/N=C(\C)c1cc(Cl)ccc1NS(=O)(=O)C(F)(F)F. The van der Waals surface area contributed by atoms with Crippen LogP contribution < -0.4 is 4.72 Å². The van der Waals surface area contributed by atoms with Gasteiger partial charge in [-0.1, -0.05) is 16.8 Å². The van der Waals surface area contributed by atoms with E-state index in [0.29, 0.717) is 0 Å². The van der Waals surface area contributed by atoms with Gasteiger partial charge in [-0.05, 0) is 31.4 Å². The highest BCUT2D eigenvalue weighted by atomic mass is 35.5. The molecule has 0 aliphatic heterocycles. The maximum Gasteiger partial charge on any atom is 0.516 e. The van der Waals surface area contributed by atoms with Crippen molar-refractivity contribution in [1.29, 1.82) is 0 Å². The molecule has 0 radical (unpaired) electrons. The van der Waals surface area contributed by atoms with Gasteiger partial charge in [-0.15, -0.1) is 11.8 Å². The van der Waals surface area contributed by atoms with E-state index < -0.39 is 15.5 Å². The van der Waals surface area contributed by atoms with Gasteiger partial charge in [0.15, 0.2) is 5.94 Å². The van der Waals surface area contributed by atoms with Gasteiger partial charge in [-0.3, -0.25) is 4.72 Å². The number of nitrogens with zero attached hydrogens (tertiary/aromatic N) is 1. The number of hydrogen-bond donors (Lipinski definition) is 1. The van der Waals surface area contributed by atoms with Crippen molar-refractivity contribution < 1.29 is 26.4 Å². The molecule has 1 aromatic carbocycles.